The van der Waals surface area contributed by atoms with E-state index in [0.29, 0.717) is 29.0 Å². The number of ketones is 1. The van der Waals surface area contributed by atoms with Crippen molar-refractivity contribution in [1.82, 2.24) is 9.78 Å². The first-order chi connectivity index (χ1) is 13.9. The number of rotatable bonds is 2. The molecule has 0 amide bonds. The number of aromatic nitrogens is 2. The molecule has 0 saturated heterocycles. The number of hydrogen-bond acceptors (Lipinski definition) is 3. The number of aliphatic hydroxyl groups is 1. The lowest BCUT2D eigenvalue weighted by atomic mass is 9.45. The summed E-state index contributed by atoms with van der Waals surface area (Å²) in [4.78, 5) is 13.5. The molecular formula is C25H36N2O2. The third-order valence-electron chi connectivity index (χ3n) is 9.65. The highest BCUT2D eigenvalue weighted by atomic mass is 16.3. The Morgan fingerprint density at radius 2 is 2.03 bits per heavy atom. The molecule has 4 aliphatic rings. The third kappa shape index (κ3) is 2.81. The van der Waals surface area contributed by atoms with Crippen LogP contribution in [0.3, 0.4) is 0 Å². The molecule has 0 aliphatic heterocycles. The zero-order chi connectivity index (χ0) is 20.4. The molecule has 0 radical (unpaired) electrons. The third-order valence-corrected chi connectivity index (χ3v) is 9.65. The van der Waals surface area contributed by atoms with E-state index < -0.39 is 0 Å². The van der Waals surface area contributed by atoms with Gasteiger partial charge in [-0.05, 0) is 105 Å². The van der Waals surface area contributed by atoms with Crippen molar-refractivity contribution in [2.45, 2.75) is 84.8 Å². The van der Waals surface area contributed by atoms with E-state index >= 15 is 0 Å². The van der Waals surface area contributed by atoms with E-state index in [-0.39, 0.29) is 11.5 Å². The van der Waals surface area contributed by atoms with Crippen molar-refractivity contribution in [2.75, 3.05) is 0 Å². The molecule has 0 aromatic carbocycles. The average Bonchev–Trinajstić information content (AvgIpc) is 3.25. The van der Waals surface area contributed by atoms with Crippen LogP contribution in [-0.4, -0.2) is 26.8 Å². The number of aryl methyl sites for hydroxylation is 1. The fourth-order valence-electron chi connectivity index (χ4n) is 7.94. The average molecular weight is 397 g/mol. The summed E-state index contributed by atoms with van der Waals surface area (Å²) in [6.07, 6.45) is 12.6. The Kier molecular flexibility index (Phi) is 4.58. The molecule has 0 unspecified atom stereocenters. The molecule has 4 nitrogen and oxygen atoms in total. The minimum absolute atomic E-state index is 0.0931. The zero-order valence-electron chi connectivity index (χ0n) is 18.2. The number of fused-ring (bicyclic) bond motifs is 5. The van der Waals surface area contributed by atoms with E-state index in [1.807, 2.05) is 16.9 Å². The van der Waals surface area contributed by atoms with Crippen LogP contribution < -0.4 is 0 Å². The number of carbonyl (C=O) groups is 1. The summed E-state index contributed by atoms with van der Waals surface area (Å²) in [6.45, 7) is 7.69. The molecule has 0 bridgehead atoms. The molecule has 1 aromatic rings. The summed E-state index contributed by atoms with van der Waals surface area (Å²) < 4.78 is 1.98. The largest absolute Gasteiger partial charge is 0.393 e. The topological polar surface area (TPSA) is 55.1 Å². The zero-order valence-corrected chi connectivity index (χ0v) is 18.2. The minimum Gasteiger partial charge on any atom is -0.393 e. The van der Waals surface area contributed by atoms with Crippen LogP contribution in [-0.2, 0) is 11.3 Å². The summed E-state index contributed by atoms with van der Waals surface area (Å²) in [5.74, 6) is 2.94. The van der Waals surface area contributed by atoms with Gasteiger partial charge in [0, 0.05) is 18.2 Å². The first-order valence-electron chi connectivity index (χ1n) is 11.8. The lowest BCUT2D eigenvalue weighted by Gasteiger charge is -2.59. The number of Topliss-reactive ketones (excluding diaryl/α,β-unsaturated/α-hetero) is 1. The highest BCUT2D eigenvalue weighted by Crippen LogP contribution is 2.66. The summed E-state index contributed by atoms with van der Waals surface area (Å²) in [7, 11) is 0. The first kappa shape index (κ1) is 19.5. The summed E-state index contributed by atoms with van der Waals surface area (Å²) in [5, 5.41) is 14.6. The Morgan fingerprint density at radius 1 is 1.21 bits per heavy atom. The molecule has 4 saturated carbocycles. The molecule has 1 aromatic heterocycles. The van der Waals surface area contributed by atoms with E-state index in [2.05, 4.69) is 31.9 Å². The fraction of sp³-hybridized carbons (Fsp3) is 0.760. The van der Waals surface area contributed by atoms with E-state index in [9.17, 15) is 9.90 Å². The van der Waals surface area contributed by atoms with Gasteiger partial charge >= 0.3 is 0 Å². The second kappa shape index (κ2) is 6.80. The van der Waals surface area contributed by atoms with Crippen molar-refractivity contribution in [3.8, 4) is 0 Å². The van der Waals surface area contributed by atoms with E-state index in [0.717, 1.165) is 55.8 Å². The molecule has 4 heteroatoms. The first-order valence-corrected chi connectivity index (χ1v) is 11.8. The Hall–Kier alpha value is -1.42. The van der Waals surface area contributed by atoms with E-state index in [1.165, 1.54) is 19.3 Å². The van der Waals surface area contributed by atoms with Crippen molar-refractivity contribution in [2.24, 2.45) is 34.5 Å². The van der Waals surface area contributed by atoms with Crippen LogP contribution in [0.15, 0.2) is 17.8 Å². The predicted molar refractivity (Wildman–Crippen MR) is 114 cm³/mol. The molecule has 5 rings (SSSR count). The van der Waals surface area contributed by atoms with Gasteiger partial charge in [-0.3, -0.25) is 9.48 Å². The summed E-state index contributed by atoms with van der Waals surface area (Å²) >= 11 is 0. The van der Waals surface area contributed by atoms with Crippen molar-refractivity contribution < 1.29 is 9.90 Å². The van der Waals surface area contributed by atoms with Crippen LogP contribution in [0, 0.1) is 34.5 Å². The van der Waals surface area contributed by atoms with Gasteiger partial charge in [0.1, 0.15) is 0 Å². The molecule has 0 spiro atoms. The molecular weight excluding hydrogens is 360 g/mol. The highest BCUT2D eigenvalue weighted by Gasteiger charge is 2.61. The Labute approximate surface area is 174 Å². The number of aliphatic hydroxyl groups excluding tert-OH is 1. The van der Waals surface area contributed by atoms with Gasteiger partial charge in [0.25, 0.3) is 0 Å². The smallest absolute Gasteiger partial charge is 0.165 e. The number of hydrogen-bond donors (Lipinski definition) is 1. The van der Waals surface area contributed by atoms with Crippen LogP contribution in [0.5, 0.6) is 0 Å². The van der Waals surface area contributed by atoms with E-state index in [4.69, 9.17) is 0 Å². The Morgan fingerprint density at radius 3 is 2.83 bits per heavy atom. The van der Waals surface area contributed by atoms with Crippen LogP contribution in [0.4, 0.5) is 0 Å². The van der Waals surface area contributed by atoms with Gasteiger partial charge < -0.3 is 5.11 Å². The fourth-order valence-corrected chi connectivity index (χ4v) is 7.94. The van der Waals surface area contributed by atoms with Gasteiger partial charge in [0.05, 0.1) is 11.8 Å². The van der Waals surface area contributed by atoms with Gasteiger partial charge in [-0.2, -0.15) is 5.10 Å². The van der Waals surface area contributed by atoms with Crippen LogP contribution in [0.25, 0.3) is 6.08 Å². The maximum absolute atomic E-state index is 13.5. The van der Waals surface area contributed by atoms with E-state index in [1.54, 1.807) is 0 Å². The number of allylic oxidation sites excluding steroid dienone is 1. The van der Waals surface area contributed by atoms with Gasteiger partial charge in [0.15, 0.2) is 5.78 Å². The lowest BCUT2D eigenvalue weighted by molar-refractivity contribution is -0.141. The lowest BCUT2D eigenvalue weighted by Crippen LogP contribution is -2.54. The van der Waals surface area contributed by atoms with Crippen LogP contribution >= 0.6 is 0 Å². The summed E-state index contributed by atoms with van der Waals surface area (Å²) in [5.41, 5.74) is 2.27. The maximum Gasteiger partial charge on any atom is 0.165 e. The minimum atomic E-state index is -0.179. The quantitative estimate of drug-likeness (QED) is 0.726. The Bertz CT molecular complexity index is 842. The Balaban J connectivity index is 1.45. The second-order valence-corrected chi connectivity index (χ2v) is 10.8. The number of carbonyl (C=O) groups excluding carboxylic acids is 1. The summed E-state index contributed by atoms with van der Waals surface area (Å²) in [6, 6.07) is 2.02. The van der Waals surface area contributed by atoms with Crippen molar-refractivity contribution in [1.29, 1.82) is 0 Å². The molecule has 4 aliphatic carbocycles. The van der Waals surface area contributed by atoms with Gasteiger partial charge in [-0.25, -0.2) is 0 Å². The number of nitrogens with zero attached hydrogens (tertiary/aromatic N) is 2. The van der Waals surface area contributed by atoms with Crippen molar-refractivity contribution >= 4 is 11.9 Å². The molecule has 4 fully saturated rings. The van der Waals surface area contributed by atoms with Gasteiger partial charge in [-0.1, -0.05) is 13.8 Å². The normalized spacial score (nSPS) is 45.7. The van der Waals surface area contributed by atoms with Gasteiger partial charge in [-0.15, -0.1) is 0 Å². The highest BCUT2D eigenvalue weighted by molar-refractivity contribution is 6.05. The van der Waals surface area contributed by atoms with Crippen LogP contribution in [0.1, 0.15) is 77.8 Å². The van der Waals surface area contributed by atoms with Crippen molar-refractivity contribution in [3.05, 3.63) is 23.5 Å². The van der Waals surface area contributed by atoms with Crippen molar-refractivity contribution in [3.63, 3.8) is 0 Å². The maximum atomic E-state index is 13.5. The standard InChI is InChI=1S/C25H36N2O2/c1-4-27-18(9-12-26-27)13-16-14-22-20-6-5-17-15-19(28)7-10-24(17,2)21(20)8-11-25(22,3)23(16)29/h9,12-13,17,19-22,28H,4-8,10-11,14-15H2,1-3H3/b16-13-/t17-,19-,20-,21+,22+,24+,25+/m1/s1. The molecule has 1 heterocycles. The SMILES string of the molecule is CCn1nccc1/C=C1/C[C@H]2[C@@H]3CC[C@@H]4C[C@H](O)CC[C@]4(C)[C@H]3CC[C@]2(C)C1=O. The molecule has 7 atom stereocenters. The second-order valence-electron chi connectivity index (χ2n) is 10.8. The van der Waals surface area contributed by atoms with Gasteiger partial charge in [0.2, 0.25) is 0 Å². The molecule has 1 N–H and O–H groups in total. The predicted octanol–water partition coefficient (Wildman–Crippen LogP) is 4.87. The van der Waals surface area contributed by atoms with Crippen LogP contribution in [0.2, 0.25) is 0 Å². The monoisotopic (exact) mass is 396 g/mol. The molecule has 158 valence electrons. The molecule has 29 heavy (non-hydrogen) atoms.